The van der Waals surface area contributed by atoms with Crippen molar-refractivity contribution in [3.63, 3.8) is 0 Å². The fourth-order valence-corrected chi connectivity index (χ4v) is 4.16. The molecule has 178 valence electrons. The zero-order valence-electron chi connectivity index (χ0n) is 18.7. The highest BCUT2D eigenvalue weighted by Gasteiger charge is 2.18. The molecule has 0 atom stereocenters. The van der Waals surface area contributed by atoms with E-state index < -0.39 is 6.09 Å². The number of aromatic nitrogens is 2. The van der Waals surface area contributed by atoms with E-state index in [0.717, 1.165) is 54.0 Å². The molecule has 3 N–H and O–H groups in total. The summed E-state index contributed by atoms with van der Waals surface area (Å²) in [6, 6.07) is 12.0. The number of halogens is 2. The Labute approximate surface area is 208 Å². The summed E-state index contributed by atoms with van der Waals surface area (Å²) in [6.45, 7) is 4.89. The Kier molecular flexibility index (Phi) is 7.72. The predicted octanol–water partition coefficient (Wildman–Crippen LogP) is 4.91. The highest BCUT2D eigenvalue weighted by atomic mass is 35.5. The third kappa shape index (κ3) is 6.08. The smallest absolute Gasteiger partial charge is 0.409 e. The number of nitrogens with one attached hydrogen (secondary N) is 1. The molecule has 0 bridgehead atoms. The second kappa shape index (κ2) is 10.9. The number of carbonyl (C=O) groups is 1. The summed E-state index contributed by atoms with van der Waals surface area (Å²) in [7, 11) is 0. The molecule has 10 heteroatoms. The summed E-state index contributed by atoms with van der Waals surface area (Å²) in [5.74, 6) is 0.922. The van der Waals surface area contributed by atoms with Crippen molar-refractivity contribution in [1.82, 2.24) is 9.97 Å². The third-order valence-corrected chi connectivity index (χ3v) is 5.98. The number of primary amides is 1. The van der Waals surface area contributed by atoms with Crippen LogP contribution in [0.5, 0.6) is 5.75 Å². The van der Waals surface area contributed by atoms with Crippen LogP contribution >= 0.6 is 23.2 Å². The van der Waals surface area contributed by atoms with E-state index >= 15 is 0 Å². The molecule has 0 unspecified atom stereocenters. The van der Waals surface area contributed by atoms with Crippen LogP contribution in [-0.2, 0) is 17.6 Å². The highest BCUT2D eigenvalue weighted by molar-refractivity contribution is 6.33. The van der Waals surface area contributed by atoms with Crippen LogP contribution < -0.4 is 20.7 Å². The van der Waals surface area contributed by atoms with Crippen LogP contribution in [0.4, 0.5) is 22.0 Å². The van der Waals surface area contributed by atoms with E-state index in [2.05, 4.69) is 32.3 Å². The van der Waals surface area contributed by atoms with Gasteiger partial charge in [0.1, 0.15) is 10.8 Å². The van der Waals surface area contributed by atoms with E-state index in [4.69, 9.17) is 38.4 Å². The van der Waals surface area contributed by atoms with E-state index in [1.54, 1.807) is 0 Å². The number of anilines is 3. The summed E-state index contributed by atoms with van der Waals surface area (Å²) >= 11 is 12.1. The van der Waals surface area contributed by atoms with Gasteiger partial charge in [-0.3, -0.25) is 0 Å². The monoisotopic (exact) mass is 501 g/mol. The van der Waals surface area contributed by atoms with E-state index in [1.807, 2.05) is 31.2 Å². The molecule has 4 rings (SSSR count). The molecule has 1 fully saturated rings. The highest BCUT2D eigenvalue weighted by Crippen LogP contribution is 2.32. The quantitative estimate of drug-likeness (QED) is 0.443. The first kappa shape index (κ1) is 24.1. The summed E-state index contributed by atoms with van der Waals surface area (Å²) in [6.07, 6.45) is 2.14. The molecular formula is C24H25Cl2N5O3. The standard InChI is InChI=1S/C24H25Cl2N5O3/c1-15-11-20(31-7-9-33-10-8-31)17(13-21(15)34-24(27)32)6-5-16-3-2-4-18(12-16)29-22-19(25)14-28-23(26)30-22/h2-4,11-14H,5-10H2,1H3,(H2,27,32)(H,28,29,30). The average Bonchev–Trinajstić information content (AvgIpc) is 2.82. The van der Waals surface area contributed by atoms with Crippen molar-refractivity contribution in [2.24, 2.45) is 5.73 Å². The maximum absolute atomic E-state index is 11.4. The number of amides is 1. The molecule has 1 saturated heterocycles. The van der Waals surface area contributed by atoms with Gasteiger partial charge in [-0.25, -0.2) is 9.78 Å². The maximum Gasteiger partial charge on any atom is 0.409 e. The van der Waals surface area contributed by atoms with Gasteiger partial charge in [0, 0.05) is 24.5 Å². The Morgan fingerprint density at radius 2 is 2.00 bits per heavy atom. The van der Waals surface area contributed by atoms with Gasteiger partial charge < -0.3 is 25.4 Å². The first-order chi connectivity index (χ1) is 16.4. The van der Waals surface area contributed by atoms with Crippen molar-refractivity contribution in [2.45, 2.75) is 19.8 Å². The molecule has 0 spiro atoms. The second-order valence-corrected chi connectivity index (χ2v) is 8.67. The minimum absolute atomic E-state index is 0.118. The lowest BCUT2D eigenvalue weighted by Gasteiger charge is -2.31. The molecule has 34 heavy (non-hydrogen) atoms. The summed E-state index contributed by atoms with van der Waals surface area (Å²) in [5.41, 5.74) is 10.3. The largest absolute Gasteiger partial charge is 0.410 e. The zero-order chi connectivity index (χ0) is 24.1. The van der Waals surface area contributed by atoms with Crippen molar-refractivity contribution in [2.75, 3.05) is 36.5 Å². The first-order valence-corrected chi connectivity index (χ1v) is 11.6. The molecule has 3 aromatic rings. The lowest BCUT2D eigenvalue weighted by molar-refractivity contribution is 0.122. The van der Waals surface area contributed by atoms with Gasteiger partial charge in [0.25, 0.3) is 0 Å². The fourth-order valence-electron chi connectivity index (χ4n) is 3.89. The first-order valence-electron chi connectivity index (χ1n) is 10.9. The minimum atomic E-state index is -0.824. The molecular weight excluding hydrogens is 477 g/mol. The normalized spacial score (nSPS) is 13.6. The van der Waals surface area contributed by atoms with Crippen molar-refractivity contribution >= 4 is 46.5 Å². The number of aryl methyl sites for hydroxylation is 3. The Bertz CT molecular complexity index is 1190. The van der Waals surface area contributed by atoms with Crippen LogP contribution in [0.2, 0.25) is 10.3 Å². The Morgan fingerprint density at radius 1 is 1.21 bits per heavy atom. The molecule has 0 radical (unpaired) electrons. The number of carbonyl (C=O) groups excluding carboxylic acids is 1. The van der Waals surface area contributed by atoms with Gasteiger partial charge in [-0.15, -0.1) is 0 Å². The van der Waals surface area contributed by atoms with Crippen LogP contribution in [0.15, 0.2) is 42.6 Å². The lowest BCUT2D eigenvalue weighted by atomic mass is 9.99. The SMILES string of the molecule is Cc1cc(N2CCOCC2)c(CCc2cccc(Nc3nc(Cl)ncc3Cl)c2)cc1OC(N)=O. The van der Waals surface area contributed by atoms with Crippen molar-refractivity contribution in [3.05, 3.63) is 69.6 Å². The third-order valence-electron chi connectivity index (χ3n) is 5.53. The van der Waals surface area contributed by atoms with Gasteiger partial charge in [0.2, 0.25) is 5.28 Å². The molecule has 8 nitrogen and oxygen atoms in total. The molecule has 0 saturated carbocycles. The topological polar surface area (TPSA) is 103 Å². The Balaban J connectivity index is 1.55. The van der Waals surface area contributed by atoms with Gasteiger partial charge in [-0.2, -0.15) is 4.98 Å². The number of hydrogen-bond donors (Lipinski definition) is 2. The Morgan fingerprint density at radius 3 is 2.76 bits per heavy atom. The number of nitrogens with two attached hydrogens (primary N) is 1. The van der Waals surface area contributed by atoms with Gasteiger partial charge in [0.05, 0.1) is 19.4 Å². The summed E-state index contributed by atoms with van der Waals surface area (Å²) in [4.78, 5) is 21.7. The van der Waals surface area contributed by atoms with Crippen LogP contribution in [0.25, 0.3) is 0 Å². The van der Waals surface area contributed by atoms with Crippen molar-refractivity contribution in [3.8, 4) is 5.75 Å². The maximum atomic E-state index is 11.4. The molecule has 1 aliphatic heterocycles. The van der Waals surface area contributed by atoms with Crippen LogP contribution in [-0.4, -0.2) is 42.4 Å². The number of morpholine rings is 1. The average molecular weight is 502 g/mol. The van der Waals surface area contributed by atoms with Gasteiger partial charge in [-0.1, -0.05) is 23.7 Å². The number of nitrogens with zero attached hydrogens (tertiary/aromatic N) is 3. The minimum Gasteiger partial charge on any atom is -0.410 e. The van der Waals surface area contributed by atoms with E-state index in [9.17, 15) is 4.79 Å². The Hall–Kier alpha value is -3.07. The van der Waals surface area contributed by atoms with E-state index in [1.165, 1.54) is 6.20 Å². The van der Waals surface area contributed by atoms with Crippen LogP contribution in [0, 0.1) is 6.92 Å². The zero-order valence-corrected chi connectivity index (χ0v) is 20.2. The van der Waals surface area contributed by atoms with Crippen molar-refractivity contribution < 1.29 is 14.3 Å². The second-order valence-electron chi connectivity index (χ2n) is 7.93. The molecule has 2 aromatic carbocycles. The molecule has 0 aliphatic carbocycles. The summed E-state index contributed by atoms with van der Waals surface area (Å²) < 4.78 is 10.8. The van der Waals surface area contributed by atoms with Crippen LogP contribution in [0.1, 0.15) is 16.7 Å². The van der Waals surface area contributed by atoms with Crippen LogP contribution in [0.3, 0.4) is 0 Å². The molecule has 1 aliphatic rings. The van der Waals surface area contributed by atoms with Crippen molar-refractivity contribution in [1.29, 1.82) is 0 Å². The fraction of sp³-hybridized carbons (Fsp3) is 0.292. The number of hydrogen-bond acceptors (Lipinski definition) is 7. The number of benzene rings is 2. The van der Waals surface area contributed by atoms with Gasteiger partial charge >= 0.3 is 6.09 Å². The number of rotatable bonds is 7. The molecule has 1 aromatic heterocycles. The molecule has 2 heterocycles. The number of ether oxygens (including phenoxy) is 2. The predicted molar refractivity (Wildman–Crippen MR) is 134 cm³/mol. The van der Waals surface area contributed by atoms with Gasteiger partial charge in [0.15, 0.2) is 5.82 Å². The van der Waals surface area contributed by atoms with E-state index in [0.29, 0.717) is 29.8 Å². The van der Waals surface area contributed by atoms with Gasteiger partial charge in [-0.05, 0) is 72.3 Å². The van der Waals surface area contributed by atoms with E-state index in [-0.39, 0.29) is 5.28 Å². The molecule has 1 amide bonds. The lowest BCUT2D eigenvalue weighted by Crippen LogP contribution is -2.37. The summed E-state index contributed by atoms with van der Waals surface area (Å²) in [5, 5.41) is 3.69.